The van der Waals surface area contributed by atoms with E-state index < -0.39 is 5.82 Å². The fourth-order valence-electron chi connectivity index (χ4n) is 3.40. The van der Waals surface area contributed by atoms with E-state index >= 15 is 0 Å². The molecule has 5 heterocycles. The maximum Gasteiger partial charge on any atom is 0.291 e. The number of hydrogen-bond acceptors (Lipinski definition) is 6. The summed E-state index contributed by atoms with van der Waals surface area (Å²) in [5.41, 5.74) is 2.63. The molecule has 0 saturated heterocycles. The fourth-order valence-corrected chi connectivity index (χ4v) is 4.88. The standard InChI is InChI=1S/C19H14BrFN6OS/c1-26-15-12(16-18(26)25-14(29-16)7-10-3-2-6-22-10)8-23-27(19(15)28)9-11-4-5-13(21)17(20)24-11/h2-5,8H,6-7,9H2,1H3. The zero-order valence-electron chi connectivity index (χ0n) is 15.3. The molecule has 29 heavy (non-hydrogen) atoms. The van der Waals surface area contributed by atoms with Gasteiger partial charge in [0.1, 0.15) is 15.1 Å². The van der Waals surface area contributed by atoms with Crippen LogP contribution in [-0.4, -0.2) is 36.6 Å². The van der Waals surface area contributed by atoms with E-state index in [0.717, 1.165) is 33.0 Å². The van der Waals surface area contributed by atoms with Crippen molar-refractivity contribution in [3.05, 3.63) is 62.0 Å². The summed E-state index contributed by atoms with van der Waals surface area (Å²) in [7, 11) is 1.83. The number of nitrogens with zero attached hydrogens (tertiary/aromatic N) is 6. The molecule has 0 fully saturated rings. The molecule has 0 spiro atoms. The molecule has 146 valence electrons. The third-order valence-corrected chi connectivity index (χ3v) is 6.42. The Kier molecular flexibility index (Phi) is 4.39. The summed E-state index contributed by atoms with van der Waals surface area (Å²) >= 11 is 4.63. The Morgan fingerprint density at radius 2 is 2.17 bits per heavy atom. The van der Waals surface area contributed by atoms with E-state index in [0.29, 0.717) is 17.6 Å². The van der Waals surface area contributed by atoms with Crippen LogP contribution in [0.25, 0.3) is 21.3 Å². The van der Waals surface area contributed by atoms with Crippen molar-refractivity contribution in [3.63, 3.8) is 0 Å². The predicted molar refractivity (Wildman–Crippen MR) is 114 cm³/mol. The molecule has 5 rings (SSSR count). The number of thiazole rings is 1. The lowest BCUT2D eigenvalue weighted by molar-refractivity contribution is 0.597. The Morgan fingerprint density at radius 3 is 2.93 bits per heavy atom. The van der Waals surface area contributed by atoms with Gasteiger partial charge in [0.2, 0.25) is 0 Å². The maximum atomic E-state index is 13.4. The topological polar surface area (TPSA) is 78.0 Å². The highest BCUT2D eigenvalue weighted by Crippen LogP contribution is 2.31. The number of aryl methyl sites for hydroxylation is 1. The minimum absolute atomic E-state index is 0.113. The number of aromatic nitrogens is 5. The van der Waals surface area contributed by atoms with Crippen LogP contribution < -0.4 is 5.56 Å². The van der Waals surface area contributed by atoms with Gasteiger partial charge >= 0.3 is 0 Å². The van der Waals surface area contributed by atoms with Gasteiger partial charge in [-0.3, -0.25) is 9.79 Å². The minimum atomic E-state index is -0.451. The molecule has 4 aromatic heterocycles. The number of hydrogen-bond donors (Lipinski definition) is 0. The average molecular weight is 473 g/mol. The third kappa shape index (κ3) is 3.12. The normalized spacial score (nSPS) is 13.7. The van der Waals surface area contributed by atoms with Gasteiger partial charge in [0.15, 0.2) is 11.5 Å². The van der Waals surface area contributed by atoms with E-state index in [4.69, 9.17) is 4.98 Å². The Hall–Kier alpha value is -2.72. The number of halogens is 2. The lowest BCUT2D eigenvalue weighted by atomic mass is 10.3. The Morgan fingerprint density at radius 1 is 1.31 bits per heavy atom. The molecule has 4 aromatic rings. The first kappa shape index (κ1) is 18.3. The van der Waals surface area contributed by atoms with Crippen molar-refractivity contribution in [2.45, 2.75) is 13.0 Å². The number of allylic oxidation sites excluding steroid dienone is 1. The molecule has 10 heteroatoms. The lowest BCUT2D eigenvalue weighted by Crippen LogP contribution is -2.25. The van der Waals surface area contributed by atoms with Gasteiger partial charge in [-0.2, -0.15) is 5.10 Å². The second-order valence-corrected chi connectivity index (χ2v) is 8.51. The predicted octanol–water partition coefficient (Wildman–Crippen LogP) is 3.24. The van der Waals surface area contributed by atoms with Crippen molar-refractivity contribution in [1.29, 1.82) is 0 Å². The first-order valence-electron chi connectivity index (χ1n) is 8.86. The molecule has 0 radical (unpaired) electrons. The average Bonchev–Trinajstić information content (AvgIpc) is 3.40. The van der Waals surface area contributed by atoms with Gasteiger partial charge in [-0.05, 0) is 34.1 Å². The molecule has 0 bridgehead atoms. The van der Waals surface area contributed by atoms with Crippen LogP contribution in [-0.2, 0) is 20.0 Å². The number of rotatable bonds is 4. The van der Waals surface area contributed by atoms with Crippen LogP contribution in [0.3, 0.4) is 0 Å². The maximum absolute atomic E-state index is 13.4. The molecular formula is C19H14BrFN6OS. The van der Waals surface area contributed by atoms with Crippen molar-refractivity contribution in [1.82, 2.24) is 24.3 Å². The van der Waals surface area contributed by atoms with E-state index in [1.165, 1.54) is 16.8 Å². The third-order valence-electron chi connectivity index (χ3n) is 4.78. The molecular weight excluding hydrogens is 459 g/mol. The summed E-state index contributed by atoms with van der Waals surface area (Å²) < 4.78 is 17.6. The van der Waals surface area contributed by atoms with Crippen molar-refractivity contribution >= 4 is 54.2 Å². The number of aliphatic imine (C=N–C) groups is 1. The second kappa shape index (κ2) is 6.96. The summed E-state index contributed by atoms with van der Waals surface area (Å²) in [6, 6.07) is 2.85. The first-order chi connectivity index (χ1) is 14.0. The number of pyridine rings is 1. The molecule has 0 amide bonds. The second-order valence-electron chi connectivity index (χ2n) is 6.68. The zero-order chi connectivity index (χ0) is 20.1. The van der Waals surface area contributed by atoms with Crippen LogP contribution in [0.1, 0.15) is 10.7 Å². The fraction of sp³-hybridized carbons (Fsp3) is 0.211. The van der Waals surface area contributed by atoms with Crippen LogP contribution in [0.2, 0.25) is 0 Å². The Labute approximate surface area is 176 Å². The summed E-state index contributed by atoms with van der Waals surface area (Å²) in [6.45, 7) is 0.878. The van der Waals surface area contributed by atoms with Gasteiger partial charge in [0.25, 0.3) is 5.56 Å². The molecule has 0 aromatic carbocycles. The van der Waals surface area contributed by atoms with E-state index in [2.05, 4.69) is 31.0 Å². The van der Waals surface area contributed by atoms with Crippen LogP contribution in [0.4, 0.5) is 4.39 Å². The summed E-state index contributed by atoms with van der Waals surface area (Å²) in [5.74, 6) is -0.451. The molecule has 0 aliphatic carbocycles. The van der Waals surface area contributed by atoms with Gasteiger partial charge in [-0.15, -0.1) is 11.3 Å². The van der Waals surface area contributed by atoms with Crippen molar-refractivity contribution in [3.8, 4) is 0 Å². The van der Waals surface area contributed by atoms with E-state index in [9.17, 15) is 9.18 Å². The van der Waals surface area contributed by atoms with Crippen molar-refractivity contribution in [2.75, 3.05) is 6.54 Å². The summed E-state index contributed by atoms with van der Waals surface area (Å²) in [6.07, 6.45) is 6.42. The molecule has 0 atom stereocenters. The van der Waals surface area contributed by atoms with Crippen LogP contribution in [0, 0.1) is 5.82 Å². The molecule has 1 aliphatic heterocycles. The van der Waals surface area contributed by atoms with Gasteiger partial charge in [0, 0.05) is 24.6 Å². The van der Waals surface area contributed by atoms with Gasteiger partial charge in [-0.1, -0.05) is 6.08 Å². The summed E-state index contributed by atoms with van der Waals surface area (Å²) in [4.78, 5) is 26.3. The number of fused-ring (bicyclic) bond motifs is 3. The molecule has 7 nitrogen and oxygen atoms in total. The van der Waals surface area contributed by atoms with Crippen molar-refractivity contribution in [2.24, 2.45) is 12.0 Å². The van der Waals surface area contributed by atoms with E-state index in [1.807, 2.05) is 23.8 Å². The smallest absolute Gasteiger partial charge is 0.291 e. The van der Waals surface area contributed by atoms with Gasteiger partial charge < -0.3 is 4.57 Å². The molecule has 0 N–H and O–H groups in total. The zero-order valence-corrected chi connectivity index (χ0v) is 17.7. The molecule has 0 unspecified atom stereocenters. The highest BCUT2D eigenvalue weighted by molar-refractivity contribution is 9.10. The van der Waals surface area contributed by atoms with Crippen LogP contribution >= 0.6 is 27.3 Å². The van der Waals surface area contributed by atoms with Crippen LogP contribution in [0.5, 0.6) is 0 Å². The van der Waals surface area contributed by atoms with E-state index in [-0.39, 0.29) is 16.7 Å². The first-order valence-corrected chi connectivity index (χ1v) is 10.5. The largest absolute Gasteiger partial charge is 0.323 e. The molecule has 0 saturated carbocycles. The van der Waals surface area contributed by atoms with Crippen LogP contribution in [0.15, 0.2) is 44.9 Å². The minimum Gasteiger partial charge on any atom is -0.323 e. The molecule has 1 aliphatic rings. The van der Waals surface area contributed by atoms with Crippen molar-refractivity contribution < 1.29 is 4.39 Å². The lowest BCUT2D eigenvalue weighted by Gasteiger charge is -2.06. The Balaban J connectivity index is 1.56. The SMILES string of the molecule is Cn1c2nc(CC3=NCC=C3)sc2c2cnn(Cc3ccc(F)c(Br)n3)c(=O)c21. The highest BCUT2D eigenvalue weighted by Gasteiger charge is 2.19. The van der Waals surface area contributed by atoms with Gasteiger partial charge in [-0.25, -0.2) is 19.0 Å². The summed E-state index contributed by atoms with van der Waals surface area (Å²) in [5, 5.41) is 6.06. The van der Waals surface area contributed by atoms with Gasteiger partial charge in [0.05, 0.1) is 29.7 Å². The highest BCUT2D eigenvalue weighted by atomic mass is 79.9. The Bertz CT molecular complexity index is 1400. The quantitative estimate of drug-likeness (QED) is 0.427. The monoisotopic (exact) mass is 472 g/mol. The van der Waals surface area contributed by atoms with E-state index in [1.54, 1.807) is 17.5 Å².